The minimum Gasteiger partial charge on any atom is -0.489 e. The van der Waals surface area contributed by atoms with Gasteiger partial charge in [0.15, 0.2) is 0 Å². The molecule has 0 aliphatic rings. The number of hydrogen-bond acceptors (Lipinski definition) is 3. The molecule has 0 unspecified atom stereocenters. The third kappa shape index (κ3) is 3.32. The number of hydrogen-bond donors (Lipinski definition) is 2. The normalized spacial score (nSPS) is 12.1. The van der Waals surface area contributed by atoms with Gasteiger partial charge in [-0.15, -0.1) is 0 Å². The third-order valence-corrected chi connectivity index (χ3v) is 2.69. The van der Waals surface area contributed by atoms with Crippen LogP contribution in [0.25, 0.3) is 0 Å². The minimum atomic E-state index is -0.826. The fraction of sp³-hybridized carbons (Fsp3) is 0.200. The lowest BCUT2D eigenvalue weighted by molar-refractivity contribution is 0.0955. The van der Waals surface area contributed by atoms with Crippen molar-refractivity contribution in [2.24, 2.45) is 0 Å². The van der Waals surface area contributed by atoms with Crippen LogP contribution in [0.15, 0.2) is 54.6 Å². The average molecular weight is 244 g/mol. The van der Waals surface area contributed by atoms with E-state index in [0.717, 1.165) is 11.3 Å². The lowest BCUT2D eigenvalue weighted by atomic mass is 10.1. The highest BCUT2D eigenvalue weighted by Crippen LogP contribution is 2.18. The quantitative estimate of drug-likeness (QED) is 0.848. The van der Waals surface area contributed by atoms with E-state index in [9.17, 15) is 5.11 Å². The maximum absolute atomic E-state index is 9.44. The van der Waals surface area contributed by atoms with Crippen LogP contribution in [0.5, 0.6) is 5.75 Å². The summed E-state index contributed by atoms with van der Waals surface area (Å²) in [5.74, 6) is 0.743. The van der Waals surface area contributed by atoms with E-state index in [1.54, 1.807) is 24.3 Å². The van der Waals surface area contributed by atoms with Gasteiger partial charge in [-0.25, -0.2) is 0 Å². The number of rotatable bonds is 5. The van der Waals surface area contributed by atoms with Crippen molar-refractivity contribution in [3.8, 4) is 5.75 Å². The van der Waals surface area contributed by atoms with E-state index in [4.69, 9.17) is 9.84 Å². The molecule has 0 spiro atoms. The fourth-order valence-electron chi connectivity index (χ4n) is 1.63. The highest BCUT2D eigenvalue weighted by Gasteiger charge is 2.05. The summed E-state index contributed by atoms with van der Waals surface area (Å²) in [6.07, 6.45) is -0.826. The van der Waals surface area contributed by atoms with Crippen LogP contribution in [0.4, 0.5) is 0 Å². The van der Waals surface area contributed by atoms with Crippen molar-refractivity contribution in [2.75, 3.05) is 6.61 Å². The SMILES string of the molecule is OC[C@H](O)c1ccc(OCc2ccccc2)cc1. The van der Waals surface area contributed by atoms with E-state index >= 15 is 0 Å². The molecule has 2 aromatic carbocycles. The average Bonchev–Trinajstić information content (AvgIpc) is 2.46. The Kier molecular flexibility index (Phi) is 4.34. The number of ether oxygens (including phenoxy) is 1. The Morgan fingerprint density at radius 3 is 2.22 bits per heavy atom. The molecule has 0 saturated heterocycles. The molecule has 2 rings (SSSR count). The molecule has 3 heteroatoms. The number of aliphatic hydroxyl groups excluding tert-OH is 2. The predicted molar refractivity (Wildman–Crippen MR) is 69.3 cm³/mol. The summed E-state index contributed by atoms with van der Waals surface area (Å²) in [6.45, 7) is 0.243. The Labute approximate surface area is 106 Å². The summed E-state index contributed by atoms with van der Waals surface area (Å²) in [6, 6.07) is 17.0. The third-order valence-electron chi connectivity index (χ3n) is 2.69. The zero-order valence-electron chi connectivity index (χ0n) is 9.99. The van der Waals surface area contributed by atoms with Gasteiger partial charge in [0.1, 0.15) is 18.5 Å². The first kappa shape index (κ1) is 12.6. The number of aliphatic hydroxyl groups is 2. The molecule has 2 aromatic rings. The highest BCUT2D eigenvalue weighted by atomic mass is 16.5. The van der Waals surface area contributed by atoms with E-state index in [2.05, 4.69) is 0 Å². The first-order chi connectivity index (χ1) is 8.79. The molecule has 0 fully saturated rings. The second-order valence-corrected chi connectivity index (χ2v) is 4.04. The highest BCUT2D eigenvalue weighted by molar-refractivity contribution is 5.29. The Hall–Kier alpha value is -1.84. The molecule has 1 atom stereocenters. The van der Waals surface area contributed by atoms with E-state index in [1.165, 1.54) is 0 Å². The van der Waals surface area contributed by atoms with Gasteiger partial charge >= 0.3 is 0 Å². The summed E-state index contributed by atoms with van der Waals surface area (Å²) in [5, 5.41) is 18.3. The van der Waals surface area contributed by atoms with Crippen molar-refractivity contribution in [3.05, 3.63) is 65.7 Å². The van der Waals surface area contributed by atoms with Gasteiger partial charge in [0.05, 0.1) is 6.61 Å². The molecule has 0 heterocycles. The first-order valence-electron chi connectivity index (χ1n) is 5.85. The molecule has 18 heavy (non-hydrogen) atoms. The van der Waals surface area contributed by atoms with Crippen LogP contribution in [-0.2, 0) is 6.61 Å². The Bertz CT molecular complexity index is 465. The molecule has 0 aromatic heterocycles. The summed E-state index contributed by atoms with van der Waals surface area (Å²) >= 11 is 0. The van der Waals surface area contributed by atoms with Crippen molar-refractivity contribution in [3.63, 3.8) is 0 Å². The fourth-order valence-corrected chi connectivity index (χ4v) is 1.63. The van der Waals surface area contributed by atoms with Gasteiger partial charge < -0.3 is 14.9 Å². The molecule has 0 aliphatic heterocycles. The summed E-state index contributed by atoms with van der Waals surface area (Å²) in [4.78, 5) is 0. The van der Waals surface area contributed by atoms with Crippen molar-refractivity contribution >= 4 is 0 Å². The van der Waals surface area contributed by atoms with Crippen molar-refractivity contribution < 1.29 is 14.9 Å². The maximum atomic E-state index is 9.44. The van der Waals surface area contributed by atoms with E-state index in [-0.39, 0.29) is 6.61 Å². The summed E-state index contributed by atoms with van der Waals surface area (Å²) < 4.78 is 5.62. The second-order valence-electron chi connectivity index (χ2n) is 4.04. The van der Waals surface area contributed by atoms with E-state index in [0.29, 0.717) is 12.2 Å². The maximum Gasteiger partial charge on any atom is 0.119 e. The van der Waals surface area contributed by atoms with Crippen LogP contribution in [0.3, 0.4) is 0 Å². The van der Waals surface area contributed by atoms with E-state index < -0.39 is 6.10 Å². The van der Waals surface area contributed by atoms with Gasteiger partial charge in [-0.1, -0.05) is 42.5 Å². The monoisotopic (exact) mass is 244 g/mol. The van der Waals surface area contributed by atoms with Crippen LogP contribution in [0.1, 0.15) is 17.2 Å². The second kappa shape index (κ2) is 6.19. The van der Waals surface area contributed by atoms with Gasteiger partial charge in [0.25, 0.3) is 0 Å². The minimum absolute atomic E-state index is 0.274. The molecule has 0 amide bonds. The lowest BCUT2D eigenvalue weighted by Gasteiger charge is -2.09. The predicted octanol–water partition coefficient (Wildman–Crippen LogP) is 2.29. The molecule has 3 nitrogen and oxygen atoms in total. The van der Waals surface area contributed by atoms with Crippen LogP contribution in [0, 0.1) is 0 Å². The summed E-state index contributed by atoms with van der Waals surface area (Å²) in [5.41, 5.74) is 1.79. The Morgan fingerprint density at radius 2 is 1.61 bits per heavy atom. The zero-order chi connectivity index (χ0) is 12.8. The summed E-state index contributed by atoms with van der Waals surface area (Å²) in [7, 11) is 0. The smallest absolute Gasteiger partial charge is 0.119 e. The topological polar surface area (TPSA) is 49.7 Å². The van der Waals surface area contributed by atoms with Crippen molar-refractivity contribution in [1.82, 2.24) is 0 Å². The molecule has 0 radical (unpaired) electrons. The number of benzene rings is 2. The Morgan fingerprint density at radius 1 is 0.944 bits per heavy atom. The van der Waals surface area contributed by atoms with Gasteiger partial charge in [0, 0.05) is 0 Å². The molecular formula is C15H16O3. The van der Waals surface area contributed by atoms with Gasteiger partial charge in [-0.3, -0.25) is 0 Å². The van der Waals surface area contributed by atoms with Crippen LogP contribution in [0.2, 0.25) is 0 Å². The molecule has 0 aliphatic carbocycles. The van der Waals surface area contributed by atoms with Crippen LogP contribution < -0.4 is 4.74 Å². The molecule has 0 bridgehead atoms. The molecule has 94 valence electrons. The van der Waals surface area contributed by atoms with Gasteiger partial charge in [-0.2, -0.15) is 0 Å². The lowest BCUT2D eigenvalue weighted by Crippen LogP contribution is -2.02. The van der Waals surface area contributed by atoms with Crippen LogP contribution >= 0.6 is 0 Å². The zero-order valence-corrected chi connectivity index (χ0v) is 9.99. The van der Waals surface area contributed by atoms with Gasteiger partial charge in [-0.05, 0) is 23.3 Å². The van der Waals surface area contributed by atoms with Crippen molar-refractivity contribution in [1.29, 1.82) is 0 Å². The largest absolute Gasteiger partial charge is 0.489 e. The Balaban J connectivity index is 1.94. The molecular weight excluding hydrogens is 228 g/mol. The standard InChI is InChI=1S/C15H16O3/c16-10-15(17)13-6-8-14(9-7-13)18-11-12-4-2-1-3-5-12/h1-9,15-17H,10-11H2/t15-/m0/s1. The van der Waals surface area contributed by atoms with Crippen molar-refractivity contribution in [2.45, 2.75) is 12.7 Å². The van der Waals surface area contributed by atoms with Crippen LogP contribution in [-0.4, -0.2) is 16.8 Å². The molecule has 0 saturated carbocycles. The first-order valence-corrected chi connectivity index (χ1v) is 5.85. The van der Waals surface area contributed by atoms with E-state index in [1.807, 2.05) is 30.3 Å². The van der Waals surface area contributed by atoms with Gasteiger partial charge in [0.2, 0.25) is 0 Å². The molecule has 2 N–H and O–H groups in total.